The smallest absolute Gasteiger partial charge is 0.242 e. The number of methoxy groups -OCH3 is 1. The largest absolute Gasteiger partial charge is 0.496 e. The van der Waals surface area contributed by atoms with Gasteiger partial charge >= 0.3 is 0 Å². The first kappa shape index (κ1) is 18.4. The molecule has 1 aromatic heterocycles. The highest BCUT2D eigenvalue weighted by atomic mass is 32.2. The van der Waals surface area contributed by atoms with E-state index in [9.17, 15) is 8.42 Å². The number of sulfonamides is 1. The monoisotopic (exact) mass is 402 g/mol. The maximum Gasteiger partial charge on any atom is 0.242 e. The Bertz CT molecular complexity index is 1080. The zero-order valence-electron chi connectivity index (χ0n) is 15.4. The fourth-order valence-electron chi connectivity index (χ4n) is 3.88. The van der Waals surface area contributed by atoms with Gasteiger partial charge in [0.05, 0.1) is 17.5 Å². The summed E-state index contributed by atoms with van der Waals surface area (Å²) in [6.07, 6.45) is 3.52. The van der Waals surface area contributed by atoms with E-state index in [-0.39, 0.29) is 4.90 Å². The van der Waals surface area contributed by atoms with Crippen molar-refractivity contribution in [3.05, 3.63) is 52.5 Å². The molecule has 2 aromatic carbocycles. The van der Waals surface area contributed by atoms with Crippen LogP contribution in [0.1, 0.15) is 36.4 Å². The SMILES string of the molecule is COc1ccc(S(=O)(=O)NC2(c3nc(C)cs3)CCCC2)c2ccccc12. The Labute approximate surface area is 163 Å². The van der Waals surface area contributed by atoms with Crippen LogP contribution < -0.4 is 9.46 Å². The summed E-state index contributed by atoms with van der Waals surface area (Å²) >= 11 is 1.53. The number of hydrogen-bond donors (Lipinski definition) is 1. The van der Waals surface area contributed by atoms with Crippen LogP contribution in [0.4, 0.5) is 0 Å². The molecule has 1 saturated carbocycles. The average molecular weight is 403 g/mol. The Hall–Kier alpha value is -1.96. The van der Waals surface area contributed by atoms with Crippen LogP contribution >= 0.6 is 11.3 Å². The van der Waals surface area contributed by atoms with E-state index < -0.39 is 15.6 Å². The maximum absolute atomic E-state index is 13.4. The van der Waals surface area contributed by atoms with Crippen molar-refractivity contribution < 1.29 is 13.2 Å². The molecular weight excluding hydrogens is 380 g/mol. The standard InChI is InChI=1S/C20H22N2O3S2/c1-14-13-26-19(21-14)20(11-5-6-12-20)22-27(23,24)18-10-9-17(25-2)15-7-3-4-8-16(15)18/h3-4,7-10,13,22H,5-6,11-12H2,1-2H3. The summed E-state index contributed by atoms with van der Waals surface area (Å²) in [6.45, 7) is 1.94. The van der Waals surface area contributed by atoms with Gasteiger partial charge in [0.1, 0.15) is 10.8 Å². The highest BCUT2D eigenvalue weighted by Crippen LogP contribution is 2.42. The van der Waals surface area contributed by atoms with Gasteiger partial charge in [-0.1, -0.05) is 37.1 Å². The summed E-state index contributed by atoms with van der Waals surface area (Å²) in [5, 5.41) is 4.28. The Kier molecular flexibility index (Phi) is 4.70. The second kappa shape index (κ2) is 6.89. The number of fused-ring (bicyclic) bond motifs is 1. The van der Waals surface area contributed by atoms with Gasteiger partial charge in [-0.2, -0.15) is 4.72 Å². The third-order valence-corrected chi connectivity index (χ3v) is 7.93. The minimum absolute atomic E-state index is 0.276. The van der Waals surface area contributed by atoms with Crippen molar-refractivity contribution in [1.82, 2.24) is 9.71 Å². The van der Waals surface area contributed by atoms with Crippen molar-refractivity contribution in [2.24, 2.45) is 0 Å². The van der Waals surface area contributed by atoms with E-state index in [1.54, 1.807) is 19.2 Å². The lowest BCUT2D eigenvalue weighted by Crippen LogP contribution is -2.43. The molecule has 5 nitrogen and oxygen atoms in total. The van der Waals surface area contributed by atoms with Gasteiger partial charge in [-0.05, 0) is 31.9 Å². The number of benzene rings is 2. The number of hydrogen-bond acceptors (Lipinski definition) is 5. The molecule has 0 unspecified atom stereocenters. The van der Waals surface area contributed by atoms with E-state index in [1.165, 1.54) is 11.3 Å². The van der Waals surface area contributed by atoms with Gasteiger partial charge in [0.15, 0.2) is 0 Å². The molecule has 1 heterocycles. The summed E-state index contributed by atoms with van der Waals surface area (Å²) < 4.78 is 35.2. The Morgan fingerprint density at radius 1 is 1.11 bits per heavy atom. The first-order valence-electron chi connectivity index (χ1n) is 8.97. The molecule has 1 N–H and O–H groups in total. The molecule has 0 saturated heterocycles. The zero-order chi connectivity index (χ0) is 19.1. The van der Waals surface area contributed by atoms with E-state index in [0.717, 1.165) is 41.8 Å². The zero-order valence-corrected chi connectivity index (χ0v) is 17.0. The predicted octanol–water partition coefficient (Wildman–Crippen LogP) is 4.36. The van der Waals surface area contributed by atoms with Crippen LogP contribution in [-0.2, 0) is 15.6 Å². The third-order valence-electron chi connectivity index (χ3n) is 5.17. The summed E-state index contributed by atoms with van der Waals surface area (Å²) in [5.74, 6) is 0.663. The van der Waals surface area contributed by atoms with Crippen LogP contribution in [0.15, 0.2) is 46.7 Å². The van der Waals surface area contributed by atoms with Gasteiger partial charge in [-0.25, -0.2) is 13.4 Å². The maximum atomic E-state index is 13.4. The molecule has 0 radical (unpaired) electrons. The molecule has 27 heavy (non-hydrogen) atoms. The van der Waals surface area contributed by atoms with Crippen LogP contribution in [0.2, 0.25) is 0 Å². The van der Waals surface area contributed by atoms with Crippen LogP contribution in [0.5, 0.6) is 5.75 Å². The van der Waals surface area contributed by atoms with Crippen LogP contribution in [0, 0.1) is 6.92 Å². The van der Waals surface area contributed by atoms with E-state index in [4.69, 9.17) is 4.74 Å². The van der Waals surface area contributed by atoms with Crippen molar-refractivity contribution in [2.75, 3.05) is 7.11 Å². The van der Waals surface area contributed by atoms with Gasteiger partial charge in [0.2, 0.25) is 10.0 Å². The number of nitrogens with zero attached hydrogens (tertiary/aromatic N) is 1. The molecule has 1 fully saturated rings. The van der Waals surface area contributed by atoms with Gasteiger partial charge in [0, 0.05) is 21.8 Å². The molecule has 1 aliphatic carbocycles. The Morgan fingerprint density at radius 3 is 2.44 bits per heavy atom. The Balaban J connectivity index is 1.81. The molecule has 7 heteroatoms. The molecule has 0 atom stereocenters. The molecule has 3 aromatic rings. The lowest BCUT2D eigenvalue weighted by molar-refractivity contribution is 0.402. The topological polar surface area (TPSA) is 68.3 Å². The number of aromatic nitrogens is 1. The lowest BCUT2D eigenvalue weighted by atomic mass is 10.0. The molecule has 0 aliphatic heterocycles. The molecule has 4 rings (SSSR count). The van der Waals surface area contributed by atoms with Crippen molar-refractivity contribution in [2.45, 2.75) is 43.0 Å². The highest BCUT2D eigenvalue weighted by Gasteiger charge is 2.42. The fraction of sp³-hybridized carbons (Fsp3) is 0.350. The first-order valence-corrected chi connectivity index (χ1v) is 11.3. The number of ether oxygens (including phenoxy) is 1. The highest BCUT2D eigenvalue weighted by molar-refractivity contribution is 7.89. The van der Waals surface area contributed by atoms with Crippen LogP contribution in [-0.4, -0.2) is 20.5 Å². The van der Waals surface area contributed by atoms with Crippen molar-refractivity contribution in [3.63, 3.8) is 0 Å². The van der Waals surface area contributed by atoms with Crippen LogP contribution in [0.25, 0.3) is 10.8 Å². The molecule has 0 spiro atoms. The quantitative estimate of drug-likeness (QED) is 0.688. The lowest BCUT2D eigenvalue weighted by Gasteiger charge is -2.28. The van der Waals surface area contributed by atoms with Gasteiger partial charge in [-0.15, -0.1) is 11.3 Å². The fourth-order valence-corrected chi connectivity index (χ4v) is 6.60. The van der Waals surface area contributed by atoms with Crippen molar-refractivity contribution >= 4 is 32.1 Å². The van der Waals surface area contributed by atoms with E-state index >= 15 is 0 Å². The molecule has 0 bridgehead atoms. The molecular formula is C20H22N2O3S2. The van der Waals surface area contributed by atoms with E-state index in [2.05, 4.69) is 9.71 Å². The molecule has 1 aliphatic rings. The van der Waals surface area contributed by atoms with Gasteiger partial charge in [-0.3, -0.25) is 0 Å². The first-order chi connectivity index (χ1) is 13.0. The second-order valence-corrected chi connectivity index (χ2v) is 9.51. The molecule has 142 valence electrons. The minimum Gasteiger partial charge on any atom is -0.496 e. The summed E-state index contributed by atoms with van der Waals surface area (Å²) in [5.41, 5.74) is 0.314. The Morgan fingerprint density at radius 2 is 1.81 bits per heavy atom. The third kappa shape index (κ3) is 3.24. The minimum atomic E-state index is -3.73. The summed E-state index contributed by atoms with van der Waals surface area (Å²) in [6, 6.07) is 10.8. The average Bonchev–Trinajstić information content (AvgIpc) is 3.30. The number of thiazole rings is 1. The van der Waals surface area contributed by atoms with Crippen LogP contribution in [0.3, 0.4) is 0 Å². The predicted molar refractivity (Wildman–Crippen MR) is 108 cm³/mol. The van der Waals surface area contributed by atoms with Gasteiger partial charge < -0.3 is 4.74 Å². The summed E-state index contributed by atoms with van der Waals surface area (Å²) in [7, 11) is -2.14. The van der Waals surface area contributed by atoms with E-state index in [1.807, 2.05) is 36.6 Å². The van der Waals surface area contributed by atoms with E-state index in [0.29, 0.717) is 11.1 Å². The number of nitrogens with one attached hydrogen (secondary N) is 1. The normalized spacial score (nSPS) is 16.7. The number of rotatable bonds is 5. The molecule has 0 amide bonds. The second-order valence-electron chi connectivity index (χ2n) is 7.00. The van der Waals surface area contributed by atoms with Crippen molar-refractivity contribution in [1.29, 1.82) is 0 Å². The summed E-state index contributed by atoms with van der Waals surface area (Å²) in [4.78, 5) is 4.88. The van der Waals surface area contributed by atoms with Crippen molar-refractivity contribution in [3.8, 4) is 5.75 Å². The number of aryl methyl sites for hydroxylation is 1. The van der Waals surface area contributed by atoms with Gasteiger partial charge in [0.25, 0.3) is 0 Å².